The Morgan fingerprint density at radius 3 is 3.14 bits per heavy atom. The molecule has 0 aromatic heterocycles. The van der Waals surface area contributed by atoms with E-state index in [1.807, 2.05) is 6.07 Å². The maximum absolute atomic E-state index is 8.07. The predicted octanol–water partition coefficient (Wildman–Crippen LogP) is -0.268. The minimum absolute atomic E-state index is 0.375. The van der Waals surface area contributed by atoms with Crippen molar-refractivity contribution < 1.29 is 4.74 Å². The van der Waals surface area contributed by atoms with Gasteiger partial charge in [-0.05, 0) is 0 Å². The summed E-state index contributed by atoms with van der Waals surface area (Å²) in [5.74, 6) is 0. The summed E-state index contributed by atoms with van der Waals surface area (Å²) in [5, 5.41) is 10.7. The quantitative estimate of drug-likeness (QED) is 0.450. The Balaban J connectivity index is 2.57. The zero-order chi connectivity index (χ0) is 5.11. The van der Waals surface area contributed by atoms with Crippen LogP contribution in [0.5, 0.6) is 0 Å². The molecule has 0 saturated heterocycles. The van der Waals surface area contributed by atoms with Crippen molar-refractivity contribution in [1.29, 1.82) is 5.26 Å². The van der Waals surface area contributed by atoms with Gasteiger partial charge in [0.25, 0.3) is 0 Å². The van der Waals surface area contributed by atoms with Crippen LogP contribution in [0.1, 0.15) is 0 Å². The summed E-state index contributed by atoms with van der Waals surface area (Å²) >= 11 is 0. The predicted molar refractivity (Wildman–Crippen MR) is 21.5 cm³/mol. The van der Waals surface area contributed by atoms with Gasteiger partial charge in [0.1, 0.15) is 6.07 Å². The third-order valence-corrected chi connectivity index (χ3v) is 0.607. The van der Waals surface area contributed by atoms with Gasteiger partial charge in [-0.1, -0.05) is 0 Å². The van der Waals surface area contributed by atoms with Gasteiger partial charge in [-0.3, -0.25) is 0 Å². The SMILES string of the molecule is N#CC1=[C]OCN1. The van der Waals surface area contributed by atoms with Gasteiger partial charge in [0.2, 0.25) is 6.26 Å². The maximum atomic E-state index is 8.07. The monoisotopic (exact) mass is 95.0 g/mol. The molecule has 0 unspecified atom stereocenters. The third-order valence-electron chi connectivity index (χ3n) is 0.607. The Hall–Kier alpha value is -1.17. The fraction of sp³-hybridized carbons (Fsp3) is 0.250. The molecule has 1 aliphatic heterocycles. The van der Waals surface area contributed by atoms with Crippen LogP contribution in [0.3, 0.4) is 0 Å². The molecule has 0 bridgehead atoms. The topological polar surface area (TPSA) is 45.0 Å². The lowest BCUT2D eigenvalue weighted by Crippen LogP contribution is -2.05. The van der Waals surface area contributed by atoms with Gasteiger partial charge < -0.3 is 10.1 Å². The van der Waals surface area contributed by atoms with E-state index in [2.05, 4.69) is 16.3 Å². The van der Waals surface area contributed by atoms with E-state index >= 15 is 0 Å². The Kier molecular flexibility index (Phi) is 0.868. The van der Waals surface area contributed by atoms with E-state index in [4.69, 9.17) is 5.26 Å². The van der Waals surface area contributed by atoms with Gasteiger partial charge in [0.15, 0.2) is 12.4 Å². The second kappa shape index (κ2) is 1.52. The normalized spacial score (nSPS) is 16.1. The summed E-state index contributed by atoms with van der Waals surface area (Å²) in [6, 6.07) is 1.83. The molecule has 0 saturated carbocycles. The lowest BCUT2D eigenvalue weighted by molar-refractivity contribution is 0.248. The number of hydrogen-bond donors (Lipinski definition) is 1. The molecule has 1 N–H and O–H groups in total. The van der Waals surface area contributed by atoms with Crippen molar-refractivity contribution in [1.82, 2.24) is 5.32 Å². The first-order chi connectivity index (χ1) is 3.43. The highest BCUT2D eigenvalue weighted by atomic mass is 16.5. The Morgan fingerprint density at radius 1 is 2.00 bits per heavy atom. The average molecular weight is 95.1 g/mol. The van der Waals surface area contributed by atoms with Crippen LogP contribution in [-0.2, 0) is 4.74 Å². The van der Waals surface area contributed by atoms with Gasteiger partial charge in [-0.2, -0.15) is 5.26 Å². The van der Waals surface area contributed by atoms with Crippen molar-refractivity contribution in [3.63, 3.8) is 0 Å². The zero-order valence-corrected chi connectivity index (χ0v) is 3.56. The number of hydrogen-bond acceptors (Lipinski definition) is 3. The third kappa shape index (κ3) is 0.631. The van der Waals surface area contributed by atoms with Crippen LogP contribution in [0.15, 0.2) is 5.70 Å². The number of rotatable bonds is 0. The van der Waals surface area contributed by atoms with Crippen LogP contribution in [0, 0.1) is 17.6 Å². The van der Waals surface area contributed by atoms with Crippen molar-refractivity contribution in [3.05, 3.63) is 12.0 Å². The number of nitrogens with zero attached hydrogens (tertiary/aromatic N) is 1. The van der Waals surface area contributed by atoms with Gasteiger partial charge in [0.05, 0.1) is 0 Å². The van der Waals surface area contributed by atoms with Crippen LogP contribution >= 0.6 is 0 Å². The van der Waals surface area contributed by atoms with Crippen molar-refractivity contribution >= 4 is 0 Å². The van der Waals surface area contributed by atoms with Crippen molar-refractivity contribution in [2.24, 2.45) is 0 Å². The Bertz CT molecular complexity index is 133. The van der Waals surface area contributed by atoms with E-state index < -0.39 is 0 Å². The first-order valence-corrected chi connectivity index (χ1v) is 1.82. The molecule has 1 aliphatic rings. The van der Waals surface area contributed by atoms with E-state index in [1.165, 1.54) is 0 Å². The summed E-state index contributed by atoms with van der Waals surface area (Å²) in [5.41, 5.74) is 0.375. The van der Waals surface area contributed by atoms with Crippen LogP contribution in [0.2, 0.25) is 0 Å². The van der Waals surface area contributed by atoms with E-state index in [1.54, 1.807) is 0 Å². The smallest absolute Gasteiger partial charge is 0.200 e. The van der Waals surface area contributed by atoms with Gasteiger partial charge in [-0.15, -0.1) is 0 Å². The summed E-state index contributed by atoms with van der Waals surface area (Å²) in [4.78, 5) is 0. The molecular formula is C4H3N2O. The Morgan fingerprint density at radius 2 is 2.86 bits per heavy atom. The number of nitrogens with one attached hydrogen (secondary N) is 1. The highest BCUT2D eigenvalue weighted by Gasteiger charge is 2.00. The fourth-order valence-corrected chi connectivity index (χ4v) is 0.315. The maximum Gasteiger partial charge on any atom is 0.200 e. The molecule has 1 rings (SSSR count). The minimum atomic E-state index is 0.375. The number of nitriles is 1. The molecule has 0 aliphatic carbocycles. The van der Waals surface area contributed by atoms with Gasteiger partial charge in [0, 0.05) is 0 Å². The molecule has 1 heterocycles. The van der Waals surface area contributed by atoms with Gasteiger partial charge >= 0.3 is 0 Å². The summed E-state index contributed by atoms with van der Waals surface area (Å²) in [6.45, 7) is 0.378. The molecule has 0 aromatic carbocycles. The highest BCUT2D eigenvalue weighted by Crippen LogP contribution is 1.91. The largest absolute Gasteiger partial charge is 0.466 e. The number of ether oxygens (including phenoxy) is 1. The second-order valence-corrected chi connectivity index (χ2v) is 1.05. The van der Waals surface area contributed by atoms with Crippen LogP contribution in [0.4, 0.5) is 0 Å². The molecular weight excluding hydrogens is 92.1 g/mol. The first kappa shape index (κ1) is 4.00. The van der Waals surface area contributed by atoms with Crippen LogP contribution in [-0.4, -0.2) is 6.73 Å². The standard InChI is InChI=1S/C4H3N2O/c5-1-4-2-7-3-6-4/h6H,3H2. The minimum Gasteiger partial charge on any atom is -0.466 e. The van der Waals surface area contributed by atoms with Crippen molar-refractivity contribution in [2.75, 3.05) is 6.73 Å². The highest BCUT2D eigenvalue weighted by molar-refractivity contribution is 5.14. The molecule has 0 spiro atoms. The Labute approximate surface area is 41.2 Å². The zero-order valence-electron chi connectivity index (χ0n) is 3.56. The van der Waals surface area contributed by atoms with Crippen molar-refractivity contribution in [2.45, 2.75) is 0 Å². The van der Waals surface area contributed by atoms with E-state index in [9.17, 15) is 0 Å². The second-order valence-electron chi connectivity index (χ2n) is 1.05. The van der Waals surface area contributed by atoms with E-state index in [-0.39, 0.29) is 0 Å². The molecule has 3 nitrogen and oxygen atoms in total. The molecule has 0 fully saturated rings. The molecule has 0 aromatic rings. The molecule has 1 radical (unpaired) electrons. The molecule has 7 heavy (non-hydrogen) atoms. The summed E-state index contributed by atoms with van der Waals surface area (Å²) in [7, 11) is 0. The van der Waals surface area contributed by atoms with Crippen LogP contribution < -0.4 is 5.32 Å². The summed E-state index contributed by atoms with van der Waals surface area (Å²) < 4.78 is 4.53. The van der Waals surface area contributed by atoms with Crippen LogP contribution in [0.25, 0.3) is 0 Å². The lowest BCUT2D eigenvalue weighted by Gasteiger charge is -1.84. The van der Waals surface area contributed by atoms with E-state index in [0.717, 1.165) is 0 Å². The summed E-state index contributed by atoms with van der Waals surface area (Å²) in [6.07, 6.45) is 2.35. The first-order valence-electron chi connectivity index (χ1n) is 1.82. The van der Waals surface area contributed by atoms with Crippen molar-refractivity contribution in [3.8, 4) is 6.07 Å². The van der Waals surface area contributed by atoms with Gasteiger partial charge in [-0.25, -0.2) is 0 Å². The van der Waals surface area contributed by atoms with E-state index in [0.29, 0.717) is 12.4 Å². The molecule has 3 heteroatoms. The molecule has 0 atom stereocenters. The number of allylic oxidation sites excluding steroid dienone is 1. The average Bonchev–Trinajstić information content (AvgIpc) is 2.14. The lowest BCUT2D eigenvalue weighted by atomic mass is 10.6. The fourth-order valence-electron chi connectivity index (χ4n) is 0.315. The molecule has 0 amide bonds. The molecule has 35 valence electrons.